The lowest BCUT2D eigenvalue weighted by Crippen LogP contribution is -2.35. The number of pyridine rings is 1. The van der Waals surface area contributed by atoms with E-state index >= 15 is 0 Å². The Hall–Kier alpha value is -2.56. The summed E-state index contributed by atoms with van der Waals surface area (Å²) in [6, 6.07) is 11.5. The molecule has 2 aliphatic rings. The predicted molar refractivity (Wildman–Crippen MR) is 108 cm³/mol. The van der Waals surface area contributed by atoms with Crippen LogP contribution in [0.15, 0.2) is 51.1 Å². The van der Waals surface area contributed by atoms with Gasteiger partial charge in [0.2, 0.25) is 5.88 Å². The smallest absolute Gasteiger partial charge is 0.258 e. The molecule has 0 saturated carbocycles. The third-order valence-electron chi connectivity index (χ3n) is 5.30. The van der Waals surface area contributed by atoms with Crippen LogP contribution in [0.25, 0.3) is 0 Å². The summed E-state index contributed by atoms with van der Waals surface area (Å²) in [6.07, 6.45) is 1.97. The van der Waals surface area contributed by atoms with Crippen molar-refractivity contribution in [2.24, 2.45) is 5.73 Å². The Morgan fingerprint density at radius 1 is 1.36 bits per heavy atom. The van der Waals surface area contributed by atoms with Crippen molar-refractivity contribution in [3.8, 4) is 11.8 Å². The van der Waals surface area contributed by atoms with Gasteiger partial charge in [-0.1, -0.05) is 28.1 Å². The molecule has 0 aliphatic carbocycles. The largest absolute Gasteiger partial charge is 0.440 e. The monoisotopic (exact) mass is 441 g/mol. The minimum Gasteiger partial charge on any atom is -0.440 e. The number of nitriles is 1. The lowest BCUT2D eigenvalue weighted by atomic mass is 9.84. The molecule has 0 amide bonds. The van der Waals surface area contributed by atoms with E-state index in [4.69, 9.17) is 15.2 Å². The quantitative estimate of drug-likeness (QED) is 0.788. The molecule has 28 heavy (non-hydrogen) atoms. The predicted octanol–water partition coefficient (Wildman–Crippen LogP) is 3.32. The molecule has 0 bridgehead atoms. The second-order valence-corrected chi connectivity index (χ2v) is 8.01. The summed E-state index contributed by atoms with van der Waals surface area (Å²) in [5, 5.41) is 9.71. The fourth-order valence-electron chi connectivity index (χ4n) is 3.89. The second-order valence-electron chi connectivity index (χ2n) is 7.09. The van der Waals surface area contributed by atoms with Gasteiger partial charge in [0.05, 0.1) is 24.1 Å². The van der Waals surface area contributed by atoms with Crippen LogP contribution in [-0.4, -0.2) is 17.3 Å². The van der Waals surface area contributed by atoms with E-state index in [0.29, 0.717) is 17.9 Å². The van der Waals surface area contributed by atoms with Crippen LogP contribution in [-0.2, 0) is 11.3 Å². The summed E-state index contributed by atoms with van der Waals surface area (Å²) >= 11 is 3.42. The molecule has 2 atom stereocenters. The summed E-state index contributed by atoms with van der Waals surface area (Å²) in [6.45, 7) is 3.09. The van der Waals surface area contributed by atoms with Crippen LogP contribution in [0.4, 0.5) is 0 Å². The second kappa shape index (κ2) is 7.46. The van der Waals surface area contributed by atoms with Gasteiger partial charge in [-0.2, -0.15) is 5.26 Å². The zero-order chi connectivity index (χ0) is 19.8. The number of hydrogen-bond donors (Lipinski definition) is 1. The van der Waals surface area contributed by atoms with E-state index < -0.39 is 5.92 Å². The van der Waals surface area contributed by atoms with E-state index in [0.717, 1.165) is 35.2 Å². The summed E-state index contributed by atoms with van der Waals surface area (Å²) in [4.78, 5) is 13.5. The number of ether oxygens (including phenoxy) is 2. The summed E-state index contributed by atoms with van der Waals surface area (Å²) in [5.74, 6) is -0.111. The van der Waals surface area contributed by atoms with Gasteiger partial charge in [-0.25, -0.2) is 0 Å². The van der Waals surface area contributed by atoms with Gasteiger partial charge in [-0.3, -0.25) is 4.79 Å². The van der Waals surface area contributed by atoms with Gasteiger partial charge in [0, 0.05) is 22.8 Å². The van der Waals surface area contributed by atoms with E-state index in [2.05, 4.69) is 22.0 Å². The van der Waals surface area contributed by atoms with Gasteiger partial charge in [-0.05, 0) is 37.5 Å². The van der Waals surface area contributed by atoms with Crippen molar-refractivity contribution >= 4 is 15.9 Å². The average molecular weight is 442 g/mol. The van der Waals surface area contributed by atoms with Crippen LogP contribution in [0.5, 0.6) is 5.75 Å². The Morgan fingerprint density at radius 2 is 2.11 bits per heavy atom. The maximum Gasteiger partial charge on any atom is 0.258 e. The van der Waals surface area contributed by atoms with E-state index in [1.165, 1.54) is 0 Å². The zero-order valence-corrected chi connectivity index (χ0v) is 17.0. The highest BCUT2D eigenvalue weighted by atomic mass is 79.9. The number of hydrogen-bond acceptors (Lipinski definition) is 5. The van der Waals surface area contributed by atoms with Gasteiger partial charge >= 0.3 is 0 Å². The maximum atomic E-state index is 13.5. The lowest BCUT2D eigenvalue weighted by molar-refractivity contribution is 0.0955. The highest BCUT2D eigenvalue weighted by Crippen LogP contribution is 2.40. The summed E-state index contributed by atoms with van der Waals surface area (Å²) < 4.78 is 14.0. The molecule has 0 spiro atoms. The van der Waals surface area contributed by atoms with Crippen molar-refractivity contribution in [3.05, 3.63) is 73.4 Å². The fourth-order valence-corrected chi connectivity index (χ4v) is 4.16. The van der Waals surface area contributed by atoms with Crippen molar-refractivity contribution in [2.45, 2.75) is 38.3 Å². The number of nitrogens with zero attached hydrogens (tertiary/aromatic N) is 2. The minimum absolute atomic E-state index is 0.0288. The van der Waals surface area contributed by atoms with Crippen LogP contribution in [0.3, 0.4) is 0 Å². The Kier molecular flexibility index (Phi) is 5.00. The Morgan fingerprint density at radius 3 is 2.75 bits per heavy atom. The molecule has 2 N–H and O–H groups in total. The molecule has 1 fully saturated rings. The Balaban J connectivity index is 1.89. The van der Waals surface area contributed by atoms with E-state index in [9.17, 15) is 10.1 Å². The van der Waals surface area contributed by atoms with Crippen LogP contribution in [0.1, 0.15) is 35.6 Å². The topological polar surface area (TPSA) is 90.3 Å². The van der Waals surface area contributed by atoms with Gasteiger partial charge in [0.25, 0.3) is 5.56 Å². The molecular formula is C21H20BrN3O3. The zero-order valence-electron chi connectivity index (χ0n) is 15.4. The molecule has 1 aromatic heterocycles. The third-order valence-corrected chi connectivity index (χ3v) is 5.83. The highest BCUT2D eigenvalue weighted by Gasteiger charge is 2.34. The molecule has 1 aromatic carbocycles. The molecule has 0 unspecified atom stereocenters. The molecule has 0 radical (unpaired) electrons. The Labute approximate surface area is 171 Å². The first-order valence-electron chi connectivity index (χ1n) is 9.18. The fraction of sp³-hybridized carbons (Fsp3) is 0.333. The van der Waals surface area contributed by atoms with E-state index in [1.54, 1.807) is 4.57 Å². The highest BCUT2D eigenvalue weighted by molar-refractivity contribution is 9.10. The maximum absolute atomic E-state index is 13.5. The van der Waals surface area contributed by atoms with Crippen molar-refractivity contribution in [3.63, 3.8) is 0 Å². The first-order valence-corrected chi connectivity index (χ1v) is 9.98. The number of rotatable bonds is 3. The number of benzene rings is 1. The van der Waals surface area contributed by atoms with Crippen molar-refractivity contribution < 1.29 is 9.47 Å². The van der Waals surface area contributed by atoms with Gasteiger partial charge in [-0.15, -0.1) is 0 Å². The molecule has 4 rings (SSSR count). The van der Waals surface area contributed by atoms with Crippen molar-refractivity contribution in [1.82, 2.24) is 4.57 Å². The molecule has 3 heterocycles. The van der Waals surface area contributed by atoms with Gasteiger partial charge in [0.1, 0.15) is 17.4 Å². The van der Waals surface area contributed by atoms with Gasteiger partial charge < -0.3 is 19.8 Å². The average Bonchev–Trinajstić information content (AvgIpc) is 3.18. The minimum atomic E-state index is -0.564. The number of aromatic nitrogens is 1. The van der Waals surface area contributed by atoms with Crippen LogP contribution in [0, 0.1) is 18.3 Å². The third kappa shape index (κ3) is 3.23. The summed E-state index contributed by atoms with van der Waals surface area (Å²) in [5.41, 5.74) is 8.15. The SMILES string of the molecule is Cc1cc2c(c(=O)n1C[C@@H]1CCCO1)[C@H](c1ccc(Br)cc1)C(C#N)=C(N)O2. The van der Waals surface area contributed by atoms with Crippen LogP contribution < -0.4 is 16.0 Å². The molecule has 2 aliphatic heterocycles. The van der Waals surface area contributed by atoms with Crippen LogP contribution in [0.2, 0.25) is 0 Å². The molecule has 1 saturated heterocycles. The summed E-state index contributed by atoms with van der Waals surface area (Å²) in [7, 11) is 0. The molecule has 7 heteroatoms. The lowest BCUT2D eigenvalue weighted by Gasteiger charge is -2.28. The molecule has 144 valence electrons. The normalized spacial score (nSPS) is 21.2. The first-order chi connectivity index (χ1) is 13.5. The number of allylic oxidation sites excluding steroid dienone is 1. The first kappa shape index (κ1) is 18.8. The van der Waals surface area contributed by atoms with Gasteiger partial charge in [0.15, 0.2) is 0 Å². The standard InChI is InChI=1S/C21H20BrN3O3/c1-12-9-17-19(21(26)25(12)11-15-3-2-8-27-15)18(16(10-23)20(24)28-17)13-4-6-14(22)7-5-13/h4-7,9,15,18H,2-3,8,11,24H2,1H3/t15-,18+/m0/s1. The van der Waals surface area contributed by atoms with Crippen LogP contribution >= 0.6 is 15.9 Å². The van der Waals surface area contributed by atoms with Crippen molar-refractivity contribution in [1.29, 1.82) is 5.26 Å². The Bertz CT molecular complexity index is 1040. The number of nitrogens with two attached hydrogens (primary N) is 1. The molecular weight excluding hydrogens is 422 g/mol. The number of halogens is 1. The van der Waals surface area contributed by atoms with Crippen molar-refractivity contribution in [2.75, 3.05) is 6.61 Å². The molecule has 2 aromatic rings. The number of aryl methyl sites for hydroxylation is 1. The number of fused-ring (bicyclic) bond motifs is 1. The molecule has 6 nitrogen and oxygen atoms in total. The van der Waals surface area contributed by atoms with E-state index in [-0.39, 0.29) is 23.1 Å². The van der Waals surface area contributed by atoms with E-state index in [1.807, 2.05) is 37.3 Å².